The Balaban J connectivity index is 2.04. The molecule has 2 N–H and O–H groups in total. The van der Waals surface area contributed by atoms with Gasteiger partial charge in [0.2, 0.25) is 0 Å². The average molecular weight is 381 g/mol. The van der Waals surface area contributed by atoms with Gasteiger partial charge in [-0.3, -0.25) is 4.99 Å². The molecule has 0 saturated carbocycles. The van der Waals surface area contributed by atoms with Crippen LogP contribution in [0.5, 0.6) is 5.75 Å². The van der Waals surface area contributed by atoms with Gasteiger partial charge in [-0.25, -0.2) is 0 Å². The third-order valence-corrected chi connectivity index (χ3v) is 4.08. The van der Waals surface area contributed by atoms with E-state index in [4.69, 9.17) is 14.2 Å². The quantitative estimate of drug-likeness (QED) is 0.291. The minimum absolute atomic E-state index is 0.617. The summed E-state index contributed by atoms with van der Waals surface area (Å²) >= 11 is 0. The zero-order chi connectivity index (χ0) is 19.7. The fourth-order valence-corrected chi connectivity index (χ4v) is 2.47. The number of rotatable bonds is 14. The first kappa shape index (κ1) is 23.2. The molecule has 0 bridgehead atoms. The van der Waals surface area contributed by atoms with Crippen LogP contribution in [0.25, 0.3) is 0 Å². The lowest BCUT2D eigenvalue weighted by Crippen LogP contribution is -2.41. The molecule has 0 heterocycles. The summed E-state index contributed by atoms with van der Waals surface area (Å²) < 4.78 is 15.9. The van der Waals surface area contributed by atoms with Gasteiger partial charge in [0, 0.05) is 53.6 Å². The second-order valence-electron chi connectivity index (χ2n) is 6.33. The van der Waals surface area contributed by atoms with Crippen molar-refractivity contribution >= 4 is 5.96 Å². The number of benzene rings is 1. The molecule has 1 aromatic carbocycles. The van der Waals surface area contributed by atoms with E-state index in [2.05, 4.69) is 27.6 Å². The maximum atomic E-state index is 5.71. The number of likely N-dealkylation sites (N-methyl/N-ethyl adjacent to an activating group) is 1. The molecule has 0 atom stereocenters. The third kappa shape index (κ3) is 11.5. The van der Waals surface area contributed by atoms with Gasteiger partial charge in [-0.15, -0.1) is 0 Å². The van der Waals surface area contributed by atoms with Crippen LogP contribution in [0.2, 0.25) is 0 Å². The molecule has 0 spiro atoms. The molecule has 0 aromatic heterocycles. The molecule has 7 nitrogen and oxygen atoms in total. The van der Waals surface area contributed by atoms with Gasteiger partial charge >= 0.3 is 0 Å². The zero-order valence-electron chi connectivity index (χ0n) is 17.3. The van der Waals surface area contributed by atoms with Gasteiger partial charge in [-0.1, -0.05) is 12.1 Å². The number of ether oxygens (including phenoxy) is 3. The minimum atomic E-state index is 0.617. The molecule has 7 heteroatoms. The first-order valence-corrected chi connectivity index (χ1v) is 9.52. The summed E-state index contributed by atoms with van der Waals surface area (Å²) in [6, 6.07) is 7.94. The van der Waals surface area contributed by atoms with Gasteiger partial charge < -0.3 is 29.7 Å². The first-order chi connectivity index (χ1) is 13.2. The molecule has 0 fully saturated rings. The van der Waals surface area contributed by atoms with E-state index in [0.717, 1.165) is 62.9 Å². The van der Waals surface area contributed by atoms with E-state index in [1.807, 2.05) is 24.3 Å². The number of aliphatic imine (C=N–C) groups is 1. The highest BCUT2D eigenvalue weighted by atomic mass is 16.5. The van der Waals surface area contributed by atoms with Crippen LogP contribution in [0, 0.1) is 0 Å². The normalized spacial score (nSPS) is 11.7. The van der Waals surface area contributed by atoms with Crippen molar-refractivity contribution in [3.8, 4) is 5.75 Å². The van der Waals surface area contributed by atoms with E-state index in [-0.39, 0.29) is 0 Å². The number of hydrogen-bond donors (Lipinski definition) is 2. The van der Waals surface area contributed by atoms with Gasteiger partial charge in [0.1, 0.15) is 5.75 Å². The lowest BCUT2D eigenvalue weighted by Gasteiger charge is -2.18. The number of hydrogen-bond acceptors (Lipinski definition) is 5. The molecular weight excluding hydrogens is 344 g/mol. The van der Waals surface area contributed by atoms with Crippen molar-refractivity contribution in [3.63, 3.8) is 0 Å². The van der Waals surface area contributed by atoms with Crippen LogP contribution < -0.4 is 15.4 Å². The van der Waals surface area contributed by atoms with Crippen molar-refractivity contribution in [2.45, 2.75) is 19.4 Å². The predicted octanol–water partition coefficient (Wildman–Crippen LogP) is 1.74. The molecule has 0 radical (unpaired) electrons. The SMILES string of the molecule is CN=C(NCCCOCc1ccc(OC)cc1)NCCN(C)CCCOC. The lowest BCUT2D eigenvalue weighted by atomic mass is 10.2. The Bertz CT molecular complexity index is 508. The van der Waals surface area contributed by atoms with Crippen molar-refractivity contribution in [1.29, 1.82) is 0 Å². The fourth-order valence-electron chi connectivity index (χ4n) is 2.47. The number of nitrogens with one attached hydrogen (secondary N) is 2. The van der Waals surface area contributed by atoms with Crippen molar-refractivity contribution in [2.75, 3.05) is 67.7 Å². The Morgan fingerprint density at radius 1 is 1.00 bits per heavy atom. The van der Waals surface area contributed by atoms with E-state index in [9.17, 15) is 0 Å². The molecule has 0 amide bonds. The van der Waals surface area contributed by atoms with Crippen molar-refractivity contribution in [2.24, 2.45) is 4.99 Å². The second kappa shape index (κ2) is 15.2. The molecule has 0 aliphatic carbocycles. The Morgan fingerprint density at radius 3 is 2.41 bits per heavy atom. The molecular formula is C20H36N4O3. The van der Waals surface area contributed by atoms with Crippen LogP contribution in [-0.2, 0) is 16.1 Å². The second-order valence-corrected chi connectivity index (χ2v) is 6.33. The topological polar surface area (TPSA) is 67.4 Å². The summed E-state index contributed by atoms with van der Waals surface area (Å²) in [7, 11) is 7.31. The maximum Gasteiger partial charge on any atom is 0.191 e. The highest BCUT2D eigenvalue weighted by Gasteiger charge is 2.01. The van der Waals surface area contributed by atoms with Crippen LogP contribution >= 0.6 is 0 Å². The van der Waals surface area contributed by atoms with Gasteiger partial charge in [0.05, 0.1) is 13.7 Å². The number of guanidine groups is 1. The Hall–Kier alpha value is -1.83. The summed E-state index contributed by atoms with van der Waals surface area (Å²) in [4.78, 5) is 6.53. The van der Waals surface area contributed by atoms with Crippen LogP contribution in [0.3, 0.4) is 0 Å². The van der Waals surface area contributed by atoms with Crippen LogP contribution in [-0.4, -0.2) is 78.6 Å². The predicted molar refractivity (Wildman–Crippen MR) is 111 cm³/mol. The molecule has 1 aromatic rings. The van der Waals surface area contributed by atoms with Gasteiger partial charge in [-0.05, 0) is 37.6 Å². The fraction of sp³-hybridized carbons (Fsp3) is 0.650. The number of nitrogens with zero attached hydrogens (tertiary/aromatic N) is 2. The zero-order valence-corrected chi connectivity index (χ0v) is 17.3. The minimum Gasteiger partial charge on any atom is -0.497 e. The highest BCUT2D eigenvalue weighted by Crippen LogP contribution is 2.11. The van der Waals surface area contributed by atoms with Crippen molar-refractivity contribution < 1.29 is 14.2 Å². The van der Waals surface area contributed by atoms with Gasteiger partial charge in [0.15, 0.2) is 5.96 Å². The monoisotopic (exact) mass is 380 g/mol. The van der Waals surface area contributed by atoms with E-state index >= 15 is 0 Å². The Morgan fingerprint density at radius 2 is 1.74 bits per heavy atom. The van der Waals surface area contributed by atoms with Gasteiger partial charge in [-0.2, -0.15) is 0 Å². The van der Waals surface area contributed by atoms with Crippen molar-refractivity contribution in [3.05, 3.63) is 29.8 Å². The standard InChI is InChI=1S/C20H36N4O3/c1-21-20(23-12-14-24(2)13-6-15-25-3)22-11-5-16-27-17-18-7-9-19(26-4)10-8-18/h7-10H,5-6,11-17H2,1-4H3,(H2,21,22,23). The third-order valence-electron chi connectivity index (χ3n) is 4.08. The lowest BCUT2D eigenvalue weighted by molar-refractivity contribution is 0.119. The van der Waals surface area contributed by atoms with E-state index in [1.165, 1.54) is 0 Å². The summed E-state index contributed by atoms with van der Waals surface area (Å²) in [5, 5.41) is 6.64. The summed E-state index contributed by atoms with van der Waals surface area (Å²) in [5.74, 6) is 1.69. The smallest absolute Gasteiger partial charge is 0.191 e. The van der Waals surface area contributed by atoms with E-state index in [0.29, 0.717) is 13.2 Å². The average Bonchev–Trinajstić information content (AvgIpc) is 2.69. The highest BCUT2D eigenvalue weighted by molar-refractivity contribution is 5.79. The van der Waals surface area contributed by atoms with E-state index in [1.54, 1.807) is 21.3 Å². The molecule has 1 rings (SSSR count). The molecule has 154 valence electrons. The van der Waals surface area contributed by atoms with Crippen molar-refractivity contribution in [1.82, 2.24) is 15.5 Å². The van der Waals surface area contributed by atoms with Crippen LogP contribution in [0.15, 0.2) is 29.3 Å². The maximum absolute atomic E-state index is 5.71. The molecule has 0 aliphatic rings. The van der Waals surface area contributed by atoms with Gasteiger partial charge in [0.25, 0.3) is 0 Å². The first-order valence-electron chi connectivity index (χ1n) is 9.52. The Labute approximate surface area is 164 Å². The molecule has 0 saturated heterocycles. The summed E-state index contributed by atoms with van der Waals surface area (Å²) in [6.07, 6.45) is 1.98. The Kier molecular flexibility index (Phi) is 13.1. The van der Waals surface area contributed by atoms with Crippen LogP contribution in [0.1, 0.15) is 18.4 Å². The van der Waals surface area contributed by atoms with E-state index < -0.39 is 0 Å². The molecule has 27 heavy (non-hydrogen) atoms. The van der Waals surface area contributed by atoms with Crippen LogP contribution in [0.4, 0.5) is 0 Å². The molecule has 0 aliphatic heterocycles. The number of methoxy groups -OCH3 is 2. The molecule has 0 unspecified atom stereocenters. The summed E-state index contributed by atoms with van der Waals surface area (Å²) in [5.41, 5.74) is 1.15. The largest absolute Gasteiger partial charge is 0.497 e. The summed E-state index contributed by atoms with van der Waals surface area (Å²) in [6.45, 7) is 5.82.